The van der Waals surface area contributed by atoms with Crippen LogP contribution in [0.3, 0.4) is 0 Å². The van der Waals surface area contributed by atoms with Gasteiger partial charge in [0.2, 0.25) is 0 Å². The van der Waals surface area contributed by atoms with Crippen LogP contribution in [0.4, 0.5) is 0 Å². The Morgan fingerprint density at radius 3 is 2.50 bits per heavy atom. The predicted molar refractivity (Wildman–Crippen MR) is 69.6 cm³/mol. The highest BCUT2D eigenvalue weighted by Crippen LogP contribution is 2.11. The van der Waals surface area contributed by atoms with E-state index >= 15 is 0 Å². The second-order valence-corrected chi connectivity index (χ2v) is 3.50. The first-order valence-electron chi connectivity index (χ1n) is 5.35. The van der Waals surface area contributed by atoms with Gasteiger partial charge in [-0.2, -0.15) is 10.5 Å². The number of hydrogen-bond acceptors (Lipinski definition) is 6. The lowest BCUT2D eigenvalue weighted by Crippen LogP contribution is -2.09. The molecule has 7 heteroatoms. The Labute approximate surface area is 114 Å². The molecule has 0 unspecified atom stereocenters. The largest absolute Gasteiger partial charge is 0.482 e. The fraction of sp³-hybridized carbons (Fsp3) is 0.0769. The molecule has 0 atom stereocenters. The number of hydrogen-bond donors (Lipinski definition) is 2. The minimum Gasteiger partial charge on any atom is -0.482 e. The molecule has 7 nitrogen and oxygen atoms in total. The number of carboxylic acid groups (broad SMARTS) is 1. The summed E-state index contributed by atoms with van der Waals surface area (Å²) in [5, 5.41) is 25.8. The molecular weight excluding hydrogens is 260 g/mol. The number of aliphatic carboxylic acids is 1. The van der Waals surface area contributed by atoms with Crippen LogP contribution >= 0.6 is 0 Å². The van der Waals surface area contributed by atoms with Crippen LogP contribution in [-0.4, -0.2) is 23.9 Å². The zero-order chi connectivity index (χ0) is 15.0. The Balaban J connectivity index is 2.78. The predicted octanol–water partition coefficient (Wildman–Crippen LogP) is 0.786. The van der Waals surface area contributed by atoms with Gasteiger partial charge in [-0.15, -0.1) is 0 Å². The summed E-state index contributed by atoms with van der Waals surface area (Å²) in [5.74, 6) is -0.663. The van der Waals surface area contributed by atoms with Crippen molar-refractivity contribution in [2.75, 3.05) is 6.61 Å². The molecule has 0 aliphatic rings. The van der Waals surface area contributed by atoms with E-state index < -0.39 is 12.6 Å². The fourth-order valence-electron chi connectivity index (χ4n) is 1.15. The zero-order valence-corrected chi connectivity index (χ0v) is 10.3. The molecule has 0 spiro atoms. The molecule has 0 amide bonds. The van der Waals surface area contributed by atoms with Crippen molar-refractivity contribution in [3.05, 3.63) is 41.2 Å². The number of nitrogens with zero attached hydrogens (tertiary/aromatic N) is 3. The van der Waals surface area contributed by atoms with Gasteiger partial charge in [0, 0.05) is 6.21 Å². The number of nitrogens with two attached hydrogens (primary N) is 1. The van der Waals surface area contributed by atoms with E-state index in [2.05, 4.69) is 4.99 Å². The first kappa shape index (κ1) is 14.7. The molecule has 0 aliphatic carbocycles. The van der Waals surface area contributed by atoms with E-state index in [0.717, 1.165) is 0 Å². The van der Waals surface area contributed by atoms with Crippen LogP contribution in [-0.2, 0) is 4.79 Å². The van der Waals surface area contributed by atoms with Crippen LogP contribution in [0.5, 0.6) is 5.75 Å². The van der Waals surface area contributed by atoms with Crippen molar-refractivity contribution in [3.63, 3.8) is 0 Å². The summed E-state index contributed by atoms with van der Waals surface area (Å²) in [6, 6.07) is 9.72. The van der Waals surface area contributed by atoms with Gasteiger partial charge in [0.05, 0.1) is 0 Å². The highest BCUT2D eigenvalue weighted by molar-refractivity contribution is 5.81. The van der Waals surface area contributed by atoms with Gasteiger partial charge in [-0.1, -0.05) is 0 Å². The summed E-state index contributed by atoms with van der Waals surface area (Å²) in [6.45, 7) is -0.423. The van der Waals surface area contributed by atoms with E-state index in [1.807, 2.05) is 0 Å². The zero-order valence-electron chi connectivity index (χ0n) is 10.3. The molecule has 3 N–H and O–H groups in total. The summed E-state index contributed by atoms with van der Waals surface area (Å²) in [7, 11) is 0. The number of rotatable bonds is 5. The number of carboxylic acids is 1. The van der Waals surface area contributed by atoms with Crippen molar-refractivity contribution in [3.8, 4) is 17.9 Å². The van der Waals surface area contributed by atoms with Crippen LogP contribution in [0.2, 0.25) is 0 Å². The normalized spacial score (nSPS) is 11.3. The Morgan fingerprint density at radius 1 is 1.35 bits per heavy atom. The lowest BCUT2D eigenvalue weighted by Gasteiger charge is -2.02. The Hall–Kier alpha value is -3.32. The second kappa shape index (κ2) is 7.19. The standard InChI is InChI=1S/C13H10N4O3/c14-5-11(16)12(6-15)17-7-9-1-3-10(4-2-9)20-8-13(18)19/h1-4,7H,8,16H2,(H,18,19)/b12-11-,17-7?. The summed E-state index contributed by atoms with van der Waals surface area (Å²) >= 11 is 0. The van der Waals surface area contributed by atoms with E-state index in [4.69, 9.17) is 26.1 Å². The molecule has 0 aromatic heterocycles. The molecule has 100 valence electrons. The van der Waals surface area contributed by atoms with Gasteiger partial charge >= 0.3 is 5.97 Å². The highest BCUT2D eigenvalue weighted by Gasteiger charge is 2.00. The Kier molecular flexibility index (Phi) is 5.30. The van der Waals surface area contributed by atoms with Crippen LogP contribution in [0.15, 0.2) is 40.7 Å². The van der Waals surface area contributed by atoms with E-state index in [1.165, 1.54) is 6.21 Å². The highest BCUT2D eigenvalue weighted by atomic mass is 16.5. The third kappa shape index (κ3) is 4.51. The van der Waals surface area contributed by atoms with Gasteiger partial charge < -0.3 is 15.6 Å². The van der Waals surface area contributed by atoms with Crippen molar-refractivity contribution >= 4 is 12.2 Å². The Bertz CT molecular complexity index is 633. The van der Waals surface area contributed by atoms with E-state index in [1.54, 1.807) is 36.4 Å². The molecule has 0 bridgehead atoms. The fourth-order valence-corrected chi connectivity index (χ4v) is 1.15. The van der Waals surface area contributed by atoms with Crippen LogP contribution in [0.25, 0.3) is 0 Å². The molecule has 1 aromatic carbocycles. The minimum atomic E-state index is -1.06. The van der Waals surface area contributed by atoms with E-state index in [-0.39, 0.29) is 11.4 Å². The van der Waals surface area contributed by atoms with Gasteiger partial charge in [-0.25, -0.2) is 9.79 Å². The van der Waals surface area contributed by atoms with Crippen LogP contribution in [0, 0.1) is 22.7 Å². The third-order valence-corrected chi connectivity index (χ3v) is 2.07. The number of nitriles is 2. The quantitative estimate of drug-likeness (QED) is 0.600. The van der Waals surface area contributed by atoms with Crippen molar-refractivity contribution in [2.24, 2.45) is 10.7 Å². The summed E-state index contributed by atoms with van der Waals surface area (Å²) in [6.07, 6.45) is 1.36. The van der Waals surface area contributed by atoms with E-state index in [0.29, 0.717) is 11.3 Å². The molecule has 0 radical (unpaired) electrons. The molecule has 0 aliphatic heterocycles. The lowest BCUT2D eigenvalue weighted by atomic mass is 10.2. The van der Waals surface area contributed by atoms with Gasteiger partial charge in [-0.3, -0.25) is 0 Å². The summed E-state index contributed by atoms with van der Waals surface area (Å²) in [4.78, 5) is 14.1. The molecule has 0 heterocycles. The van der Waals surface area contributed by atoms with Gasteiger partial charge in [0.15, 0.2) is 12.3 Å². The maximum Gasteiger partial charge on any atom is 0.341 e. The van der Waals surface area contributed by atoms with Crippen molar-refractivity contribution < 1.29 is 14.6 Å². The molecule has 0 fully saturated rings. The number of carbonyl (C=O) groups is 1. The number of aliphatic imine (C=N–C) groups is 1. The molecule has 20 heavy (non-hydrogen) atoms. The average molecular weight is 270 g/mol. The van der Waals surface area contributed by atoms with Crippen molar-refractivity contribution in [1.82, 2.24) is 0 Å². The van der Waals surface area contributed by atoms with Crippen LogP contribution in [0.1, 0.15) is 5.56 Å². The van der Waals surface area contributed by atoms with Crippen molar-refractivity contribution in [2.45, 2.75) is 0 Å². The Morgan fingerprint density at radius 2 is 2.00 bits per heavy atom. The van der Waals surface area contributed by atoms with Gasteiger partial charge in [0.1, 0.15) is 23.6 Å². The van der Waals surface area contributed by atoms with Crippen LogP contribution < -0.4 is 10.5 Å². The number of benzene rings is 1. The van der Waals surface area contributed by atoms with Crippen molar-refractivity contribution in [1.29, 1.82) is 10.5 Å². The molecule has 0 saturated heterocycles. The van der Waals surface area contributed by atoms with Gasteiger partial charge in [-0.05, 0) is 29.8 Å². The van der Waals surface area contributed by atoms with E-state index in [9.17, 15) is 4.79 Å². The first-order valence-corrected chi connectivity index (χ1v) is 5.35. The maximum absolute atomic E-state index is 10.3. The SMILES string of the molecule is N#C/C(N)=C(\C#N)N=Cc1ccc(OCC(=O)O)cc1. The lowest BCUT2D eigenvalue weighted by molar-refractivity contribution is -0.139. The topological polar surface area (TPSA) is 132 Å². The van der Waals surface area contributed by atoms with Gasteiger partial charge in [0.25, 0.3) is 0 Å². The third-order valence-electron chi connectivity index (χ3n) is 2.07. The second-order valence-electron chi connectivity index (χ2n) is 3.50. The average Bonchev–Trinajstić information content (AvgIpc) is 2.46. The summed E-state index contributed by atoms with van der Waals surface area (Å²) in [5.41, 5.74) is 5.51. The monoisotopic (exact) mass is 270 g/mol. The number of allylic oxidation sites excluding steroid dienone is 2. The first-order chi connectivity index (χ1) is 9.56. The summed E-state index contributed by atoms with van der Waals surface area (Å²) < 4.78 is 4.96. The molecular formula is C13H10N4O3. The number of ether oxygens (including phenoxy) is 1. The molecule has 1 rings (SSSR count). The smallest absolute Gasteiger partial charge is 0.341 e. The maximum atomic E-state index is 10.3. The molecule has 1 aromatic rings. The molecule has 0 saturated carbocycles. The minimum absolute atomic E-state index is 0.168.